The minimum atomic E-state index is 0.397. The second-order valence-corrected chi connectivity index (χ2v) is 2.42. The van der Waals surface area contributed by atoms with E-state index in [2.05, 4.69) is 10.6 Å². The summed E-state index contributed by atoms with van der Waals surface area (Å²) >= 11 is 0. The molecule has 1 aliphatic heterocycles. The van der Waals surface area contributed by atoms with Gasteiger partial charge >= 0.3 is 0 Å². The number of nitrogens with one attached hydrogen (secondary N) is 1. The van der Waals surface area contributed by atoms with Crippen LogP contribution in [0.1, 0.15) is 6.92 Å². The summed E-state index contributed by atoms with van der Waals surface area (Å²) in [6.45, 7) is 6.55. The molecular weight excluding hydrogens is 128 g/mol. The third kappa shape index (κ3) is 2.64. The molecule has 1 heterocycles. The zero-order valence-electron chi connectivity index (χ0n) is 6.47. The van der Waals surface area contributed by atoms with Crippen LogP contribution in [-0.2, 0) is 4.74 Å². The van der Waals surface area contributed by atoms with Crippen molar-refractivity contribution in [3.8, 4) is 0 Å². The summed E-state index contributed by atoms with van der Waals surface area (Å²) in [5.74, 6) is 0. The van der Waals surface area contributed by atoms with Crippen LogP contribution >= 0.6 is 0 Å². The second kappa shape index (κ2) is 4.66. The molecule has 1 unspecified atom stereocenters. The van der Waals surface area contributed by atoms with Gasteiger partial charge in [-0.25, -0.2) is 5.32 Å². The number of hydrogen-bond donors (Lipinski definition) is 1. The lowest BCUT2D eigenvalue weighted by atomic mass is 10.2. The van der Waals surface area contributed by atoms with Crippen LogP contribution in [0.15, 0.2) is 0 Å². The van der Waals surface area contributed by atoms with E-state index in [1.807, 2.05) is 6.92 Å². The predicted molar refractivity (Wildman–Crippen MR) is 40.2 cm³/mol. The van der Waals surface area contributed by atoms with Gasteiger partial charge in [0.15, 0.2) is 0 Å². The van der Waals surface area contributed by atoms with Crippen LogP contribution in [0.5, 0.6) is 0 Å². The zero-order valence-corrected chi connectivity index (χ0v) is 6.47. The number of piperazine rings is 1. The Morgan fingerprint density at radius 2 is 2.60 bits per heavy atom. The van der Waals surface area contributed by atoms with E-state index < -0.39 is 0 Å². The molecule has 1 rings (SSSR count). The standard InChI is InChI=1S/C7H15N2O/c1-2-10-6-7-5-8-3-4-9-7/h7-8H,2-6H2,1H3. The fourth-order valence-corrected chi connectivity index (χ4v) is 1.02. The number of nitrogens with zero attached hydrogens (tertiary/aromatic N) is 1. The zero-order chi connectivity index (χ0) is 7.23. The summed E-state index contributed by atoms with van der Waals surface area (Å²) < 4.78 is 5.24. The van der Waals surface area contributed by atoms with Gasteiger partial charge in [-0.05, 0) is 6.92 Å². The van der Waals surface area contributed by atoms with E-state index in [-0.39, 0.29) is 0 Å². The summed E-state index contributed by atoms with van der Waals surface area (Å²) in [6, 6.07) is 0.397. The van der Waals surface area contributed by atoms with E-state index in [4.69, 9.17) is 4.74 Å². The number of rotatable bonds is 3. The maximum atomic E-state index is 5.24. The van der Waals surface area contributed by atoms with Crippen LogP contribution in [0.2, 0.25) is 0 Å². The van der Waals surface area contributed by atoms with Gasteiger partial charge < -0.3 is 10.1 Å². The van der Waals surface area contributed by atoms with Gasteiger partial charge in [0.05, 0.1) is 12.6 Å². The van der Waals surface area contributed by atoms with E-state index in [9.17, 15) is 0 Å². The Bertz CT molecular complexity index is 81.7. The van der Waals surface area contributed by atoms with E-state index in [1.54, 1.807) is 0 Å². The highest BCUT2D eigenvalue weighted by Gasteiger charge is 2.12. The average molecular weight is 143 g/mol. The van der Waals surface area contributed by atoms with Gasteiger partial charge in [-0.15, -0.1) is 0 Å². The van der Waals surface area contributed by atoms with Crippen molar-refractivity contribution < 1.29 is 4.74 Å². The van der Waals surface area contributed by atoms with Crippen LogP contribution in [0.25, 0.3) is 0 Å². The smallest absolute Gasteiger partial charge is 0.0648 e. The molecule has 1 radical (unpaired) electrons. The molecule has 0 saturated carbocycles. The maximum Gasteiger partial charge on any atom is 0.0648 e. The first kappa shape index (κ1) is 7.98. The Kier molecular flexibility index (Phi) is 3.72. The molecule has 1 N–H and O–H groups in total. The fourth-order valence-electron chi connectivity index (χ4n) is 1.02. The van der Waals surface area contributed by atoms with Crippen molar-refractivity contribution in [3.05, 3.63) is 0 Å². The molecule has 3 nitrogen and oxygen atoms in total. The highest BCUT2D eigenvalue weighted by molar-refractivity contribution is 4.73. The van der Waals surface area contributed by atoms with Crippen molar-refractivity contribution in [2.24, 2.45) is 0 Å². The molecule has 1 saturated heterocycles. The van der Waals surface area contributed by atoms with Crippen molar-refractivity contribution in [2.45, 2.75) is 13.0 Å². The molecule has 0 aliphatic carbocycles. The normalized spacial score (nSPS) is 26.7. The van der Waals surface area contributed by atoms with Gasteiger partial charge in [-0.1, -0.05) is 0 Å². The Hall–Kier alpha value is -0.120. The maximum absolute atomic E-state index is 5.24. The van der Waals surface area contributed by atoms with Gasteiger partial charge in [-0.2, -0.15) is 0 Å². The first-order valence-corrected chi connectivity index (χ1v) is 3.88. The summed E-state index contributed by atoms with van der Waals surface area (Å²) in [5, 5.41) is 7.65. The van der Waals surface area contributed by atoms with Gasteiger partial charge in [0, 0.05) is 26.2 Å². The predicted octanol–water partition coefficient (Wildman–Crippen LogP) is -0.401. The average Bonchev–Trinajstić information content (AvgIpc) is 2.03. The molecule has 0 amide bonds. The van der Waals surface area contributed by atoms with Gasteiger partial charge in [0.1, 0.15) is 0 Å². The van der Waals surface area contributed by atoms with E-state index in [0.717, 1.165) is 32.8 Å². The molecular formula is C7H15N2O. The fraction of sp³-hybridized carbons (Fsp3) is 1.00. The van der Waals surface area contributed by atoms with Crippen LogP contribution < -0.4 is 10.6 Å². The SMILES string of the molecule is CCOCC1CNCC[N]1. The van der Waals surface area contributed by atoms with Crippen molar-refractivity contribution in [3.63, 3.8) is 0 Å². The Morgan fingerprint density at radius 3 is 3.20 bits per heavy atom. The van der Waals surface area contributed by atoms with Crippen molar-refractivity contribution in [2.75, 3.05) is 32.8 Å². The first-order chi connectivity index (χ1) is 4.93. The topological polar surface area (TPSA) is 35.4 Å². The second-order valence-electron chi connectivity index (χ2n) is 2.42. The Morgan fingerprint density at radius 1 is 1.70 bits per heavy atom. The minimum absolute atomic E-state index is 0.397. The molecule has 10 heavy (non-hydrogen) atoms. The monoisotopic (exact) mass is 143 g/mol. The lowest BCUT2D eigenvalue weighted by Gasteiger charge is -2.21. The quantitative estimate of drug-likeness (QED) is 0.583. The van der Waals surface area contributed by atoms with Crippen molar-refractivity contribution in [1.82, 2.24) is 10.6 Å². The van der Waals surface area contributed by atoms with E-state index in [1.165, 1.54) is 0 Å². The van der Waals surface area contributed by atoms with Crippen LogP contribution in [-0.4, -0.2) is 38.9 Å². The van der Waals surface area contributed by atoms with Gasteiger partial charge in [0.2, 0.25) is 0 Å². The molecule has 1 aliphatic rings. The summed E-state index contributed by atoms with van der Waals surface area (Å²) in [4.78, 5) is 0. The van der Waals surface area contributed by atoms with E-state index >= 15 is 0 Å². The molecule has 59 valence electrons. The van der Waals surface area contributed by atoms with E-state index in [0.29, 0.717) is 6.04 Å². The minimum Gasteiger partial charge on any atom is -0.380 e. The summed E-state index contributed by atoms with van der Waals surface area (Å²) in [6.07, 6.45) is 0. The molecule has 1 fully saturated rings. The summed E-state index contributed by atoms with van der Waals surface area (Å²) in [7, 11) is 0. The lowest BCUT2D eigenvalue weighted by Crippen LogP contribution is -2.46. The van der Waals surface area contributed by atoms with Gasteiger partial charge in [0.25, 0.3) is 0 Å². The van der Waals surface area contributed by atoms with Crippen LogP contribution in [0.3, 0.4) is 0 Å². The molecule has 3 heteroatoms. The highest BCUT2D eigenvalue weighted by atomic mass is 16.5. The summed E-state index contributed by atoms with van der Waals surface area (Å²) in [5.41, 5.74) is 0. The molecule has 1 atom stereocenters. The van der Waals surface area contributed by atoms with Crippen LogP contribution in [0.4, 0.5) is 0 Å². The Balaban J connectivity index is 2.02. The molecule has 0 aromatic heterocycles. The molecule has 0 spiro atoms. The Labute approximate surface area is 62.1 Å². The first-order valence-electron chi connectivity index (χ1n) is 3.88. The number of hydrogen-bond acceptors (Lipinski definition) is 2. The third-order valence-corrected chi connectivity index (χ3v) is 1.57. The number of ether oxygens (including phenoxy) is 1. The lowest BCUT2D eigenvalue weighted by molar-refractivity contribution is 0.116. The largest absolute Gasteiger partial charge is 0.380 e. The molecule has 0 aromatic rings. The molecule has 0 aromatic carbocycles. The van der Waals surface area contributed by atoms with Crippen molar-refractivity contribution >= 4 is 0 Å². The van der Waals surface area contributed by atoms with Crippen LogP contribution in [0, 0.1) is 0 Å². The van der Waals surface area contributed by atoms with Crippen molar-refractivity contribution in [1.29, 1.82) is 0 Å². The third-order valence-electron chi connectivity index (χ3n) is 1.57. The van der Waals surface area contributed by atoms with Gasteiger partial charge in [-0.3, -0.25) is 0 Å². The molecule has 0 bridgehead atoms. The highest BCUT2D eigenvalue weighted by Crippen LogP contribution is 1.89.